The summed E-state index contributed by atoms with van der Waals surface area (Å²) in [5.74, 6) is -2.29. The van der Waals surface area contributed by atoms with Crippen LogP contribution in [0, 0.1) is 0 Å². The minimum absolute atomic E-state index is 0.0657. The molecule has 0 aromatic heterocycles. The van der Waals surface area contributed by atoms with Gasteiger partial charge in [0.2, 0.25) is 0 Å². The third kappa shape index (κ3) is 67.3. The molecule has 0 aliphatic heterocycles. The van der Waals surface area contributed by atoms with E-state index in [4.69, 9.17) is 37.0 Å². The van der Waals surface area contributed by atoms with Gasteiger partial charge in [-0.1, -0.05) is 320 Å². The topological polar surface area (TPSA) is 237 Å². The van der Waals surface area contributed by atoms with Gasteiger partial charge in [-0.15, -0.1) is 0 Å². The number of carbonyl (C=O) groups excluding carboxylic acids is 4. The molecule has 5 atom stereocenters. The maximum atomic E-state index is 13.0. The van der Waals surface area contributed by atoms with Gasteiger partial charge < -0.3 is 33.8 Å². The molecular formula is C75H136O17P2. The molecule has 3 N–H and O–H groups in total. The maximum Gasteiger partial charge on any atom is 0.472 e. The second kappa shape index (κ2) is 68.3. The Balaban J connectivity index is 5.34. The normalized spacial score (nSPS) is 14.3. The van der Waals surface area contributed by atoms with Crippen molar-refractivity contribution in [3.05, 3.63) is 60.8 Å². The van der Waals surface area contributed by atoms with E-state index in [0.717, 1.165) is 96.3 Å². The zero-order chi connectivity index (χ0) is 69.0. The van der Waals surface area contributed by atoms with E-state index < -0.39 is 97.5 Å². The molecule has 0 aliphatic rings. The number of carbonyl (C=O) groups is 4. The molecule has 0 rings (SSSR count). The Hall–Kier alpha value is -3.24. The number of aliphatic hydroxyl groups excluding tert-OH is 1. The van der Waals surface area contributed by atoms with Crippen LogP contribution < -0.4 is 0 Å². The molecule has 5 unspecified atom stereocenters. The number of hydrogen-bond acceptors (Lipinski definition) is 15. The second-order valence-electron chi connectivity index (χ2n) is 25.3. The maximum absolute atomic E-state index is 13.0. The van der Waals surface area contributed by atoms with E-state index in [-0.39, 0.29) is 25.7 Å². The van der Waals surface area contributed by atoms with Crippen LogP contribution in [0.4, 0.5) is 0 Å². The SMILES string of the molecule is CC/C=C\C/C=C\C/C=C\C/C=C\C/C=C\CC(=O)OCC(COP(=O)(O)OCC(O)COP(=O)(O)OCC(COC(=O)CCCCCCCCCCCCCCCCC)OC(=O)CCCCCCCCCCCCCCC)OC(=O)CCCCCCCCCCCCC. The van der Waals surface area contributed by atoms with E-state index in [0.29, 0.717) is 25.7 Å². The highest BCUT2D eigenvalue weighted by Crippen LogP contribution is 2.45. The van der Waals surface area contributed by atoms with Crippen LogP contribution in [-0.2, 0) is 65.4 Å². The molecule has 0 radical (unpaired) electrons. The van der Waals surface area contributed by atoms with E-state index in [1.54, 1.807) is 6.08 Å². The summed E-state index contributed by atoms with van der Waals surface area (Å²) in [5.41, 5.74) is 0. The van der Waals surface area contributed by atoms with Crippen LogP contribution >= 0.6 is 15.6 Å². The highest BCUT2D eigenvalue weighted by molar-refractivity contribution is 7.47. The van der Waals surface area contributed by atoms with E-state index in [1.165, 1.54) is 161 Å². The first-order chi connectivity index (χ1) is 45.7. The van der Waals surface area contributed by atoms with Gasteiger partial charge in [0.25, 0.3) is 0 Å². The minimum atomic E-state index is -4.98. The molecule has 0 amide bonds. The quantitative estimate of drug-likeness (QED) is 0.0169. The van der Waals surface area contributed by atoms with Gasteiger partial charge in [0.15, 0.2) is 12.2 Å². The van der Waals surface area contributed by atoms with Gasteiger partial charge in [0.1, 0.15) is 19.3 Å². The zero-order valence-electron chi connectivity index (χ0n) is 59.6. The predicted molar refractivity (Wildman–Crippen MR) is 381 cm³/mol. The molecule has 0 saturated heterocycles. The monoisotopic (exact) mass is 1370 g/mol. The lowest BCUT2D eigenvalue weighted by molar-refractivity contribution is -0.161. The standard InChI is InChI=1S/C75H136O17P2/c1-5-9-13-17-21-25-29-32-34-37-40-43-47-51-55-59-72(77)85-65-70(91-74(79)61-57-53-49-45-39-28-24-20-16-12-8-4)67-89-93(81,82)87-63-69(76)64-88-94(83,84)90-68-71(92-75(80)62-58-54-50-46-42-36-31-27-23-19-15-11-7-3)66-86-73(78)60-56-52-48-44-41-38-35-33-30-26-22-18-14-10-6-2/h9,13,21,25,32,34,40,43,51,55,69-71,76H,5-8,10-12,14-20,22-24,26-31,33,35-39,41-42,44-50,52-54,56-68H2,1-4H3,(H,81,82)(H,83,84)/b13-9-,25-21-,34-32-,43-40-,55-51-. The molecule has 0 spiro atoms. The van der Waals surface area contributed by atoms with Crippen molar-refractivity contribution < 1.29 is 80.2 Å². The lowest BCUT2D eigenvalue weighted by Crippen LogP contribution is -2.30. The van der Waals surface area contributed by atoms with Crippen LogP contribution in [0.15, 0.2) is 60.8 Å². The molecule has 0 heterocycles. The van der Waals surface area contributed by atoms with Crippen molar-refractivity contribution in [1.82, 2.24) is 0 Å². The Morgan fingerprint density at radius 3 is 0.851 bits per heavy atom. The summed E-state index contributed by atoms with van der Waals surface area (Å²) >= 11 is 0. The number of ether oxygens (including phenoxy) is 4. The zero-order valence-corrected chi connectivity index (χ0v) is 61.4. The van der Waals surface area contributed by atoms with E-state index in [2.05, 4.69) is 64.2 Å². The van der Waals surface area contributed by atoms with Gasteiger partial charge in [-0.3, -0.25) is 37.3 Å². The first-order valence-electron chi connectivity index (χ1n) is 37.5. The second-order valence-corrected chi connectivity index (χ2v) is 28.2. The summed E-state index contributed by atoms with van der Waals surface area (Å²) in [4.78, 5) is 72.6. The van der Waals surface area contributed by atoms with Crippen molar-refractivity contribution in [2.75, 3.05) is 39.6 Å². The largest absolute Gasteiger partial charge is 0.472 e. The summed E-state index contributed by atoms with van der Waals surface area (Å²) < 4.78 is 68.3. The summed E-state index contributed by atoms with van der Waals surface area (Å²) in [7, 11) is -9.94. The van der Waals surface area contributed by atoms with Crippen molar-refractivity contribution in [2.24, 2.45) is 0 Å². The van der Waals surface area contributed by atoms with Gasteiger partial charge in [-0.25, -0.2) is 9.13 Å². The van der Waals surface area contributed by atoms with Crippen molar-refractivity contribution in [2.45, 2.75) is 354 Å². The summed E-state index contributed by atoms with van der Waals surface area (Å²) in [6.45, 7) is 4.69. The fourth-order valence-corrected chi connectivity index (χ4v) is 11.9. The number of esters is 4. The lowest BCUT2D eigenvalue weighted by atomic mass is 10.0. The van der Waals surface area contributed by atoms with Crippen molar-refractivity contribution in [3.63, 3.8) is 0 Å². The number of phosphoric acid groups is 2. The number of allylic oxidation sites excluding steroid dienone is 9. The van der Waals surface area contributed by atoms with Crippen LogP contribution in [0.2, 0.25) is 0 Å². The number of unbranched alkanes of at least 4 members (excludes halogenated alkanes) is 36. The average Bonchev–Trinajstić information content (AvgIpc) is 1.35. The summed E-state index contributed by atoms with van der Waals surface area (Å²) in [6, 6.07) is 0. The number of aliphatic hydroxyl groups is 1. The third-order valence-electron chi connectivity index (χ3n) is 16.1. The molecule has 0 aromatic carbocycles. The Morgan fingerprint density at radius 1 is 0.309 bits per heavy atom. The molecule has 0 bridgehead atoms. The molecule has 17 nitrogen and oxygen atoms in total. The van der Waals surface area contributed by atoms with Crippen LogP contribution in [0.3, 0.4) is 0 Å². The van der Waals surface area contributed by atoms with E-state index in [1.807, 2.05) is 18.2 Å². The molecule has 94 heavy (non-hydrogen) atoms. The van der Waals surface area contributed by atoms with Crippen LogP contribution in [-0.4, -0.2) is 96.7 Å². The summed E-state index contributed by atoms with van der Waals surface area (Å²) in [5, 5.41) is 10.6. The van der Waals surface area contributed by atoms with Crippen molar-refractivity contribution in [3.8, 4) is 0 Å². The summed E-state index contributed by atoms with van der Waals surface area (Å²) in [6.07, 6.45) is 65.4. The highest BCUT2D eigenvalue weighted by Gasteiger charge is 2.30. The molecular weight excluding hydrogens is 1230 g/mol. The lowest BCUT2D eigenvalue weighted by Gasteiger charge is -2.21. The molecule has 0 aromatic rings. The fraction of sp³-hybridized carbons (Fsp3) is 0.813. The number of phosphoric ester groups is 2. The fourth-order valence-electron chi connectivity index (χ4n) is 10.4. The van der Waals surface area contributed by atoms with Gasteiger partial charge >= 0.3 is 39.5 Å². The van der Waals surface area contributed by atoms with Crippen LogP contribution in [0.5, 0.6) is 0 Å². The molecule has 0 saturated carbocycles. The van der Waals surface area contributed by atoms with Crippen LogP contribution in [0.25, 0.3) is 0 Å². The Labute approximate surface area is 571 Å². The van der Waals surface area contributed by atoms with Gasteiger partial charge in [0, 0.05) is 19.3 Å². The molecule has 548 valence electrons. The predicted octanol–water partition coefficient (Wildman–Crippen LogP) is 21.1. The average molecular weight is 1370 g/mol. The van der Waals surface area contributed by atoms with Gasteiger partial charge in [-0.05, 0) is 51.4 Å². The third-order valence-corrected chi connectivity index (χ3v) is 18.0. The van der Waals surface area contributed by atoms with Gasteiger partial charge in [0.05, 0.1) is 32.8 Å². The molecule has 0 fully saturated rings. The number of hydrogen-bond donors (Lipinski definition) is 3. The minimum Gasteiger partial charge on any atom is -0.462 e. The van der Waals surface area contributed by atoms with E-state index >= 15 is 0 Å². The Morgan fingerprint density at radius 2 is 0.553 bits per heavy atom. The first-order valence-corrected chi connectivity index (χ1v) is 40.5. The molecule has 0 aliphatic carbocycles. The van der Waals surface area contributed by atoms with E-state index in [9.17, 15) is 43.2 Å². The Bertz CT molecular complexity index is 2030. The molecule has 19 heteroatoms. The van der Waals surface area contributed by atoms with Crippen molar-refractivity contribution >= 4 is 39.5 Å². The number of rotatable bonds is 71. The van der Waals surface area contributed by atoms with Gasteiger partial charge in [-0.2, -0.15) is 0 Å². The first kappa shape index (κ1) is 90.8. The smallest absolute Gasteiger partial charge is 0.462 e. The highest BCUT2D eigenvalue weighted by atomic mass is 31.2. The Kier molecular flexibility index (Phi) is 65.9. The van der Waals surface area contributed by atoms with Crippen LogP contribution in [0.1, 0.15) is 336 Å². The van der Waals surface area contributed by atoms with Crippen molar-refractivity contribution in [1.29, 1.82) is 0 Å².